The minimum Gasteiger partial charge on any atom is -0.491 e. The van der Waals surface area contributed by atoms with Gasteiger partial charge in [0, 0.05) is 17.3 Å². The van der Waals surface area contributed by atoms with Crippen LogP contribution in [0.15, 0.2) is 77.4 Å². The van der Waals surface area contributed by atoms with E-state index < -0.39 is 0 Å². The molecule has 3 aromatic carbocycles. The Kier molecular flexibility index (Phi) is 4.17. The van der Waals surface area contributed by atoms with Crippen LogP contribution in [0.2, 0.25) is 0 Å². The Morgan fingerprint density at radius 2 is 1.54 bits per heavy atom. The molecule has 0 unspecified atom stereocenters. The molecule has 24 heavy (non-hydrogen) atoms. The largest absolute Gasteiger partial charge is 0.491 e. The molecule has 4 aromatic rings. The van der Waals surface area contributed by atoms with Gasteiger partial charge in [-0.25, -0.2) is 0 Å². The van der Waals surface area contributed by atoms with Gasteiger partial charge in [-0.3, -0.25) is 0 Å². The van der Waals surface area contributed by atoms with Crippen molar-refractivity contribution in [2.45, 2.75) is 6.54 Å². The summed E-state index contributed by atoms with van der Waals surface area (Å²) in [6.45, 7) is 2.09. The summed E-state index contributed by atoms with van der Waals surface area (Å²) < 4.78 is 11.5. The van der Waals surface area contributed by atoms with Crippen molar-refractivity contribution in [2.24, 2.45) is 0 Å². The molecule has 0 amide bonds. The van der Waals surface area contributed by atoms with Gasteiger partial charge in [-0.1, -0.05) is 48.5 Å². The van der Waals surface area contributed by atoms with Crippen LogP contribution in [0.5, 0.6) is 5.75 Å². The fourth-order valence-corrected chi connectivity index (χ4v) is 2.98. The molecule has 0 aliphatic heterocycles. The first kappa shape index (κ1) is 14.8. The van der Waals surface area contributed by atoms with E-state index in [4.69, 9.17) is 9.15 Å². The molecule has 4 rings (SSSR count). The van der Waals surface area contributed by atoms with Crippen molar-refractivity contribution in [3.05, 3.63) is 78.8 Å². The molecular weight excluding hydrogens is 298 g/mol. The van der Waals surface area contributed by atoms with Crippen molar-refractivity contribution in [2.75, 3.05) is 13.2 Å². The van der Waals surface area contributed by atoms with Gasteiger partial charge < -0.3 is 14.5 Å². The van der Waals surface area contributed by atoms with Crippen molar-refractivity contribution in [3.63, 3.8) is 0 Å². The molecular formula is C21H19NO2. The normalized spacial score (nSPS) is 11.2. The van der Waals surface area contributed by atoms with Crippen LogP contribution in [0.1, 0.15) is 5.76 Å². The van der Waals surface area contributed by atoms with E-state index in [0.29, 0.717) is 13.2 Å². The van der Waals surface area contributed by atoms with E-state index in [2.05, 4.69) is 59.9 Å². The molecule has 0 atom stereocenters. The maximum Gasteiger partial charge on any atom is 0.135 e. The Labute approximate surface area is 140 Å². The number of ether oxygens (including phenoxy) is 1. The third-order valence-electron chi connectivity index (χ3n) is 4.13. The van der Waals surface area contributed by atoms with Gasteiger partial charge in [0.05, 0.1) is 12.8 Å². The van der Waals surface area contributed by atoms with Crippen LogP contribution < -0.4 is 10.1 Å². The average molecular weight is 317 g/mol. The van der Waals surface area contributed by atoms with E-state index in [-0.39, 0.29) is 0 Å². The number of nitrogens with one attached hydrogen (secondary N) is 1. The molecule has 0 spiro atoms. The second-order valence-corrected chi connectivity index (χ2v) is 5.75. The van der Waals surface area contributed by atoms with E-state index in [9.17, 15) is 0 Å². The first-order valence-corrected chi connectivity index (χ1v) is 8.18. The summed E-state index contributed by atoms with van der Waals surface area (Å²) in [6, 6.07) is 22.8. The lowest BCUT2D eigenvalue weighted by Crippen LogP contribution is -2.20. The summed E-state index contributed by atoms with van der Waals surface area (Å²) in [6.07, 6.45) is 1.69. The summed E-state index contributed by atoms with van der Waals surface area (Å²) in [4.78, 5) is 0. The topological polar surface area (TPSA) is 34.4 Å². The van der Waals surface area contributed by atoms with E-state index >= 15 is 0 Å². The van der Waals surface area contributed by atoms with E-state index in [1.807, 2.05) is 12.1 Å². The third-order valence-corrected chi connectivity index (χ3v) is 4.13. The number of benzene rings is 3. The van der Waals surface area contributed by atoms with Crippen LogP contribution in [0.4, 0.5) is 0 Å². The highest BCUT2D eigenvalue weighted by Gasteiger charge is 2.08. The molecule has 1 aromatic heterocycles. The summed E-state index contributed by atoms with van der Waals surface area (Å²) >= 11 is 0. The lowest BCUT2D eigenvalue weighted by atomic mass is 10.0. The van der Waals surface area contributed by atoms with Crippen molar-refractivity contribution >= 4 is 21.5 Å². The van der Waals surface area contributed by atoms with Crippen molar-refractivity contribution in [3.8, 4) is 5.75 Å². The van der Waals surface area contributed by atoms with Gasteiger partial charge in [0.2, 0.25) is 0 Å². The minimum absolute atomic E-state index is 0.610. The van der Waals surface area contributed by atoms with Gasteiger partial charge in [0.15, 0.2) is 0 Å². The van der Waals surface area contributed by atoms with Crippen molar-refractivity contribution < 1.29 is 9.15 Å². The second kappa shape index (κ2) is 6.77. The third kappa shape index (κ3) is 2.99. The van der Waals surface area contributed by atoms with Crippen LogP contribution in [0, 0.1) is 0 Å². The number of hydrogen-bond donors (Lipinski definition) is 1. The van der Waals surface area contributed by atoms with Crippen LogP contribution in [-0.4, -0.2) is 13.2 Å². The maximum atomic E-state index is 6.16. The number of rotatable bonds is 6. The molecule has 0 radical (unpaired) electrons. The smallest absolute Gasteiger partial charge is 0.135 e. The Morgan fingerprint density at radius 1 is 0.833 bits per heavy atom. The summed E-state index contributed by atoms with van der Waals surface area (Å²) in [5.74, 6) is 1.90. The second-order valence-electron chi connectivity index (χ2n) is 5.75. The zero-order valence-electron chi connectivity index (χ0n) is 13.4. The Balaban J connectivity index is 1.53. The predicted octanol–water partition coefficient (Wildman–Crippen LogP) is 4.75. The summed E-state index contributed by atoms with van der Waals surface area (Å²) in [5.41, 5.74) is 0. The van der Waals surface area contributed by atoms with Crippen LogP contribution in [0.25, 0.3) is 21.5 Å². The van der Waals surface area contributed by atoms with E-state index in [1.165, 1.54) is 10.8 Å². The van der Waals surface area contributed by atoms with Gasteiger partial charge in [0.1, 0.15) is 18.1 Å². The number of furan rings is 1. The SMILES string of the molecule is c1coc(CNCCOc2c3ccccc3cc3ccccc23)c1. The summed E-state index contributed by atoms with van der Waals surface area (Å²) in [5, 5.41) is 8.05. The Hall–Kier alpha value is -2.78. The number of fused-ring (bicyclic) bond motifs is 2. The highest BCUT2D eigenvalue weighted by Crippen LogP contribution is 2.34. The first-order chi connectivity index (χ1) is 11.9. The predicted molar refractivity (Wildman–Crippen MR) is 97.4 cm³/mol. The quantitative estimate of drug-likeness (QED) is 0.411. The fourth-order valence-electron chi connectivity index (χ4n) is 2.98. The summed E-state index contributed by atoms with van der Waals surface area (Å²) in [7, 11) is 0. The van der Waals surface area contributed by atoms with Crippen LogP contribution in [0.3, 0.4) is 0 Å². The van der Waals surface area contributed by atoms with Gasteiger partial charge in [0.25, 0.3) is 0 Å². The van der Waals surface area contributed by atoms with Crippen LogP contribution >= 0.6 is 0 Å². The van der Waals surface area contributed by atoms with Gasteiger partial charge >= 0.3 is 0 Å². The molecule has 1 N–H and O–H groups in total. The molecule has 3 heteroatoms. The lowest BCUT2D eigenvalue weighted by molar-refractivity contribution is 0.317. The molecule has 3 nitrogen and oxygen atoms in total. The van der Waals surface area contributed by atoms with Gasteiger partial charge in [-0.15, -0.1) is 0 Å². The lowest BCUT2D eigenvalue weighted by Gasteiger charge is -2.13. The standard InChI is InChI=1S/C21H19NO2/c1-3-9-19-16(6-1)14-17-7-2-4-10-20(17)21(19)24-13-11-22-15-18-8-5-12-23-18/h1-10,12,14,22H,11,13,15H2. The highest BCUT2D eigenvalue weighted by atomic mass is 16.5. The van der Waals surface area contributed by atoms with Crippen LogP contribution in [-0.2, 0) is 6.54 Å². The molecule has 0 aliphatic rings. The molecule has 0 saturated carbocycles. The van der Waals surface area contributed by atoms with Crippen molar-refractivity contribution in [1.82, 2.24) is 5.32 Å². The molecule has 120 valence electrons. The van der Waals surface area contributed by atoms with Gasteiger partial charge in [-0.05, 0) is 29.0 Å². The molecule has 1 heterocycles. The minimum atomic E-state index is 0.610. The Bertz CT molecular complexity index is 891. The van der Waals surface area contributed by atoms with E-state index in [1.54, 1.807) is 6.26 Å². The first-order valence-electron chi connectivity index (χ1n) is 8.18. The maximum absolute atomic E-state index is 6.16. The zero-order valence-corrected chi connectivity index (χ0v) is 13.4. The van der Waals surface area contributed by atoms with Gasteiger partial charge in [-0.2, -0.15) is 0 Å². The van der Waals surface area contributed by atoms with Crippen molar-refractivity contribution in [1.29, 1.82) is 0 Å². The monoisotopic (exact) mass is 317 g/mol. The number of hydrogen-bond acceptors (Lipinski definition) is 3. The molecule has 0 saturated heterocycles. The molecule has 0 fully saturated rings. The van der Waals surface area contributed by atoms with E-state index in [0.717, 1.165) is 28.8 Å². The molecule has 0 aliphatic carbocycles. The average Bonchev–Trinajstić information content (AvgIpc) is 3.14. The fraction of sp³-hybridized carbons (Fsp3) is 0.143. The Morgan fingerprint density at radius 3 is 2.21 bits per heavy atom. The molecule has 0 bridgehead atoms. The zero-order chi connectivity index (χ0) is 16.2. The highest BCUT2D eigenvalue weighted by molar-refractivity contribution is 6.05.